The lowest BCUT2D eigenvalue weighted by atomic mass is 10.2. The van der Waals surface area contributed by atoms with Crippen molar-refractivity contribution in [2.45, 2.75) is 13.2 Å². The summed E-state index contributed by atoms with van der Waals surface area (Å²) in [5.74, 6) is -5.31. The summed E-state index contributed by atoms with van der Waals surface area (Å²) in [5, 5.41) is 6.39. The molecule has 0 aliphatic heterocycles. The predicted molar refractivity (Wildman–Crippen MR) is 112 cm³/mol. The molecule has 4 aromatic rings. The Bertz CT molecular complexity index is 1340. The minimum atomic E-state index is -1.78. The van der Waals surface area contributed by atoms with Crippen LogP contribution in [0.1, 0.15) is 21.9 Å². The van der Waals surface area contributed by atoms with Crippen LogP contribution in [0.25, 0.3) is 0 Å². The van der Waals surface area contributed by atoms with Crippen molar-refractivity contribution >= 4 is 11.6 Å². The van der Waals surface area contributed by atoms with E-state index in [2.05, 4.69) is 10.4 Å². The second-order valence-electron chi connectivity index (χ2n) is 7.06. The Morgan fingerprint density at radius 1 is 1.06 bits per heavy atom. The van der Waals surface area contributed by atoms with Gasteiger partial charge in [0.15, 0.2) is 23.2 Å². The Hall–Kier alpha value is -4.28. The van der Waals surface area contributed by atoms with Crippen molar-refractivity contribution in [2.24, 2.45) is 0 Å². The highest BCUT2D eigenvalue weighted by Gasteiger charge is 2.20. The molecular formula is C23H17F4N3O4. The van der Waals surface area contributed by atoms with Crippen molar-refractivity contribution in [1.82, 2.24) is 9.78 Å². The van der Waals surface area contributed by atoms with E-state index in [1.54, 1.807) is 37.4 Å². The number of benzene rings is 2. The lowest BCUT2D eigenvalue weighted by Gasteiger charge is -2.07. The molecule has 0 bridgehead atoms. The molecule has 11 heteroatoms. The Kier molecular flexibility index (Phi) is 6.53. The van der Waals surface area contributed by atoms with Gasteiger partial charge in [0.1, 0.15) is 29.7 Å². The van der Waals surface area contributed by atoms with Crippen LogP contribution in [-0.4, -0.2) is 22.8 Å². The van der Waals surface area contributed by atoms with E-state index in [-0.39, 0.29) is 24.1 Å². The first-order chi connectivity index (χ1) is 16.3. The van der Waals surface area contributed by atoms with E-state index in [0.29, 0.717) is 17.3 Å². The molecule has 1 N–H and O–H groups in total. The maximum atomic E-state index is 13.9. The first kappa shape index (κ1) is 22.9. The van der Waals surface area contributed by atoms with Crippen LogP contribution in [0.4, 0.5) is 23.2 Å². The summed E-state index contributed by atoms with van der Waals surface area (Å²) in [4.78, 5) is 12.4. The summed E-state index contributed by atoms with van der Waals surface area (Å²) in [6.45, 7) is -0.443. The van der Waals surface area contributed by atoms with Crippen molar-refractivity contribution in [1.29, 1.82) is 0 Å². The number of halogens is 4. The van der Waals surface area contributed by atoms with Crippen LogP contribution in [0.5, 0.6) is 11.5 Å². The number of carbonyl (C=O) groups is 1. The third kappa shape index (κ3) is 5.03. The minimum Gasteiger partial charge on any atom is -0.497 e. The number of amides is 1. The van der Waals surface area contributed by atoms with Crippen LogP contribution in [0, 0.1) is 23.3 Å². The van der Waals surface area contributed by atoms with Gasteiger partial charge in [0.2, 0.25) is 0 Å². The molecule has 0 aliphatic carbocycles. The Morgan fingerprint density at radius 3 is 2.65 bits per heavy atom. The normalized spacial score (nSPS) is 10.9. The highest BCUT2D eigenvalue weighted by Crippen LogP contribution is 2.22. The molecule has 4 rings (SSSR count). The van der Waals surface area contributed by atoms with Crippen LogP contribution in [-0.2, 0) is 13.2 Å². The van der Waals surface area contributed by atoms with Gasteiger partial charge in [-0.25, -0.2) is 17.6 Å². The molecule has 34 heavy (non-hydrogen) atoms. The zero-order valence-electron chi connectivity index (χ0n) is 17.6. The number of rotatable bonds is 8. The standard InChI is InChI=1S/C23H17F4N3O4/c1-32-14-3-2-4-15(7-14)33-12-16-5-6-20(34-16)23(31)29-13-9-28-30(10-13)11-17-18(24)8-19(25)22(27)21(17)26/h2-10H,11-12H2,1H3,(H,29,31). The number of hydrogen-bond donors (Lipinski definition) is 1. The van der Waals surface area contributed by atoms with Gasteiger partial charge in [-0.05, 0) is 24.3 Å². The van der Waals surface area contributed by atoms with Gasteiger partial charge >= 0.3 is 0 Å². The van der Waals surface area contributed by atoms with E-state index >= 15 is 0 Å². The zero-order chi connectivity index (χ0) is 24.2. The average Bonchev–Trinajstić information content (AvgIpc) is 3.49. The number of hydrogen-bond acceptors (Lipinski definition) is 5. The van der Waals surface area contributed by atoms with Crippen molar-refractivity contribution in [3.63, 3.8) is 0 Å². The quantitative estimate of drug-likeness (QED) is 0.222. The van der Waals surface area contributed by atoms with Gasteiger partial charge in [-0.3, -0.25) is 9.48 Å². The lowest BCUT2D eigenvalue weighted by molar-refractivity contribution is 0.0992. The van der Waals surface area contributed by atoms with Crippen LogP contribution in [0.3, 0.4) is 0 Å². The lowest BCUT2D eigenvalue weighted by Crippen LogP contribution is -2.11. The smallest absolute Gasteiger partial charge is 0.291 e. The molecule has 0 saturated heterocycles. The van der Waals surface area contributed by atoms with E-state index in [1.807, 2.05) is 0 Å². The molecule has 0 fully saturated rings. The SMILES string of the molecule is COc1cccc(OCc2ccc(C(=O)Nc3cnn(Cc4c(F)cc(F)c(F)c4F)c3)o2)c1. The summed E-state index contributed by atoms with van der Waals surface area (Å²) in [7, 11) is 1.54. The second kappa shape index (κ2) is 9.69. The van der Waals surface area contributed by atoms with Crippen molar-refractivity contribution in [3.8, 4) is 11.5 Å². The van der Waals surface area contributed by atoms with Gasteiger partial charge in [-0.2, -0.15) is 5.10 Å². The second-order valence-corrected chi connectivity index (χ2v) is 7.06. The molecule has 1 amide bonds. The number of anilines is 1. The van der Waals surface area contributed by atoms with Gasteiger partial charge in [-0.15, -0.1) is 0 Å². The summed E-state index contributed by atoms with van der Waals surface area (Å²) in [5.41, 5.74) is -0.509. The van der Waals surface area contributed by atoms with Crippen LogP contribution < -0.4 is 14.8 Å². The average molecular weight is 475 g/mol. The van der Waals surface area contributed by atoms with E-state index in [0.717, 1.165) is 4.68 Å². The van der Waals surface area contributed by atoms with Gasteiger partial charge in [0.25, 0.3) is 5.91 Å². The van der Waals surface area contributed by atoms with Crippen LogP contribution in [0.2, 0.25) is 0 Å². The minimum absolute atomic E-state index is 0.00492. The monoisotopic (exact) mass is 475 g/mol. The van der Waals surface area contributed by atoms with Gasteiger partial charge in [0, 0.05) is 23.9 Å². The molecule has 0 saturated carbocycles. The molecule has 2 heterocycles. The van der Waals surface area contributed by atoms with Crippen molar-refractivity contribution in [2.75, 3.05) is 12.4 Å². The summed E-state index contributed by atoms with van der Waals surface area (Å²) in [6.07, 6.45) is 2.50. The summed E-state index contributed by atoms with van der Waals surface area (Å²) < 4.78 is 71.5. The molecule has 0 radical (unpaired) electrons. The largest absolute Gasteiger partial charge is 0.497 e. The number of methoxy groups -OCH3 is 1. The fourth-order valence-corrected chi connectivity index (χ4v) is 3.04. The predicted octanol–water partition coefficient (Wildman–Crippen LogP) is 4.92. The Morgan fingerprint density at radius 2 is 1.85 bits per heavy atom. The zero-order valence-corrected chi connectivity index (χ0v) is 17.6. The molecule has 0 atom stereocenters. The number of carbonyl (C=O) groups excluding carboxylic acids is 1. The van der Waals surface area contributed by atoms with Crippen LogP contribution in [0.15, 0.2) is 59.3 Å². The van der Waals surface area contributed by atoms with Crippen LogP contribution >= 0.6 is 0 Å². The van der Waals surface area contributed by atoms with Crippen molar-refractivity contribution < 1.29 is 36.2 Å². The van der Waals surface area contributed by atoms with E-state index in [4.69, 9.17) is 13.9 Å². The van der Waals surface area contributed by atoms with Gasteiger partial charge in [0.05, 0.1) is 25.5 Å². The topological polar surface area (TPSA) is 78.5 Å². The molecular weight excluding hydrogens is 458 g/mol. The highest BCUT2D eigenvalue weighted by atomic mass is 19.2. The third-order valence-corrected chi connectivity index (χ3v) is 4.73. The first-order valence-corrected chi connectivity index (χ1v) is 9.85. The third-order valence-electron chi connectivity index (χ3n) is 4.73. The fourth-order valence-electron chi connectivity index (χ4n) is 3.04. The molecule has 2 aromatic carbocycles. The summed E-state index contributed by atoms with van der Waals surface area (Å²) in [6, 6.07) is 10.3. The molecule has 176 valence electrons. The molecule has 0 aliphatic rings. The maximum Gasteiger partial charge on any atom is 0.291 e. The summed E-state index contributed by atoms with van der Waals surface area (Å²) >= 11 is 0. The number of furan rings is 1. The first-order valence-electron chi connectivity index (χ1n) is 9.85. The maximum absolute atomic E-state index is 13.9. The van der Waals surface area contributed by atoms with E-state index < -0.39 is 41.3 Å². The number of nitrogens with one attached hydrogen (secondary N) is 1. The molecule has 7 nitrogen and oxygen atoms in total. The fraction of sp³-hybridized carbons (Fsp3) is 0.130. The molecule has 2 aromatic heterocycles. The van der Waals surface area contributed by atoms with Crippen molar-refractivity contribution in [3.05, 3.63) is 95.2 Å². The Balaban J connectivity index is 1.37. The number of aromatic nitrogens is 2. The Labute approximate surface area is 190 Å². The number of ether oxygens (including phenoxy) is 2. The molecule has 0 spiro atoms. The van der Waals surface area contributed by atoms with Gasteiger partial charge < -0.3 is 19.2 Å². The van der Waals surface area contributed by atoms with E-state index in [1.165, 1.54) is 18.5 Å². The highest BCUT2D eigenvalue weighted by molar-refractivity contribution is 6.02. The van der Waals surface area contributed by atoms with Gasteiger partial charge in [-0.1, -0.05) is 6.07 Å². The van der Waals surface area contributed by atoms with E-state index in [9.17, 15) is 22.4 Å². The number of nitrogens with zero attached hydrogens (tertiary/aromatic N) is 2. The molecule has 0 unspecified atom stereocenters.